The van der Waals surface area contributed by atoms with Gasteiger partial charge in [0.15, 0.2) is 11.5 Å². The predicted molar refractivity (Wildman–Crippen MR) is 105 cm³/mol. The van der Waals surface area contributed by atoms with Crippen LogP contribution >= 0.6 is 0 Å². The summed E-state index contributed by atoms with van der Waals surface area (Å²) in [7, 11) is 0. The Balaban J connectivity index is 1.81. The summed E-state index contributed by atoms with van der Waals surface area (Å²) in [6, 6.07) is 12.1. The number of Topliss-reactive ketones (excluding diaryl/α,β-unsaturated/α-hetero) is 1. The second-order valence-electron chi connectivity index (χ2n) is 6.48. The Kier molecular flexibility index (Phi) is 4.27. The number of nitrogens with zero attached hydrogens (tertiary/aromatic N) is 2. The molecule has 4 aromatic rings. The van der Waals surface area contributed by atoms with Gasteiger partial charge in [0.2, 0.25) is 0 Å². The van der Waals surface area contributed by atoms with Crippen molar-refractivity contribution in [3.05, 3.63) is 75.8 Å². The molecule has 0 radical (unpaired) electrons. The number of fused-ring (bicyclic) bond motifs is 2. The number of aromatic nitrogens is 3. The van der Waals surface area contributed by atoms with Crippen molar-refractivity contribution in [2.45, 2.75) is 19.9 Å². The van der Waals surface area contributed by atoms with Crippen LogP contribution in [0.3, 0.4) is 0 Å². The van der Waals surface area contributed by atoms with E-state index in [2.05, 4.69) is 10.1 Å². The fourth-order valence-electron chi connectivity index (χ4n) is 3.46. The van der Waals surface area contributed by atoms with Gasteiger partial charge >= 0.3 is 5.97 Å². The molecule has 0 aliphatic carbocycles. The van der Waals surface area contributed by atoms with Crippen molar-refractivity contribution in [1.29, 1.82) is 0 Å². The predicted octanol–water partition coefficient (Wildman–Crippen LogP) is 3.02. The minimum atomic E-state index is -1.25. The Bertz CT molecular complexity index is 1300. The molecular weight excluding hydrogens is 358 g/mol. The third kappa shape index (κ3) is 2.77. The van der Waals surface area contributed by atoms with Crippen molar-refractivity contribution in [1.82, 2.24) is 14.8 Å². The molecule has 28 heavy (non-hydrogen) atoms. The second kappa shape index (κ2) is 6.77. The number of aryl methyl sites for hydroxylation is 1. The number of carboxylic acids is 1. The minimum Gasteiger partial charge on any atom is -0.476 e. The lowest BCUT2D eigenvalue weighted by molar-refractivity contribution is 0.0688. The summed E-state index contributed by atoms with van der Waals surface area (Å²) in [6.45, 7) is 1.69. The van der Waals surface area contributed by atoms with Crippen molar-refractivity contribution in [3.63, 3.8) is 0 Å². The van der Waals surface area contributed by atoms with Crippen molar-refractivity contribution >= 4 is 33.4 Å². The number of H-pyrrole nitrogens is 1. The number of hydrogen-bond acceptors (Lipinski definition) is 4. The monoisotopic (exact) mass is 375 g/mol. The number of carboxylic acid groups (broad SMARTS) is 1. The highest BCUT2D eigenvalue weighted by atomic mass is 16.4. The van der Waals surface area contributed by atoms with Gasteiger partial charge in [0.05, 0.1) is 5.39 Å². The van der Waals surface area contributed by atoms with Gasteiger partial charge in [0.1, 0.15) is 6.54 Å². The molecule has 7 heteroatoms. The normalized spacial score (nSPS) is 11.2. The molecule has 0 saturated heterocycles. The fourth-order valence-corrected chi connectivity index (χ4v) is 3.46. The third-order valence-corrected chi connectivity index (χ3v) is 4.85. The van der Waals surface area contributed by atoms with E-state index in [1.165, 1.54) is 12.1 Å². The maximum atomic E-state index is 12.9. The number of benzene rings is 2. The number of ketones is 1. The Morgan fingerprint density at radius 2 is 1.79 bits per heavy atom. The molecule has 0 aliphatic heterocycles. The van der Waals surface area contributed by atoms with Crippen LogP contribution in [-0.4, -0.2) is 31.6 Å². The van der Waals surface area contributed by atoms with Crippen LogP contribution in [0, 0.1) is 0 Å². The van der Waals surface area contributed by atoms with Crippen molar-refractivity contribution < 1.29 is 14.7 Å². The highest BCUT2D eigenvalue weighted by molar-refractivity contribution is 6.08. The van der Waals surface area contributed by atoms with Crippen LogP contribution in [0.25, 0.3) is 21.7 Å². The molecule has 0 fully saturated rings. The molecule has 2 aromatic carbocycles. The van der Waals surface area contributed by atoms with Gasteiger partial charge in [-0.2, -0.15) is 5.10 Å². The van der Waals surface area contributed by atoms with Crippen LogP contribution in [0.15, 0.2) is 53.5 Å². The van der Waals surface area contributed by atoms with Gasteiger partial charge in [0, 0.05) is 28.0 Å². The van der Waals surface area contributed by atoms with Gasteiger partial charge in [-0.25, -0.2) is 9.48 Å². The maximum absolute atomic E-state index is 12.9. The molecule has 2 aromatic heterocycles. The first-order chi connectivity index (χ1) is 13.5. The van der Waals surface area contributed by atoms with Gasteiger partial charge in [0.25, 0.3) is 5.56 Å². The van der Waals surface area contributed by atoms with Crippen LogP contribution in [0.1, 0.15) is 33.3 Å². The Morgan fingerprint density at radius 1 is 1.07 bits per heavy atom. The lowest BCUT2D eigenvalue weighted by Gasteiger charge is -2.08. The van der Waals surface area contributed by atoms with Crippen LogP contribution in [0.5, 0.6) is 0 Å². The lowest BCUT2D eigenvalue weighted by atomic mass is 10.0. The van der Waals surface area contributed by atoms with E-state index in [1.54, 1.807) is 18.3 Å². The first-order valence-corrected chi connectivity index (χ1v) is 8.86. The number of nitrogens with one attached hydrogen (secondary N) is 1. The maximum Gasteiger partial charge on any atom is 0.357 e. The van der Waals surface area contributed by atoms with Crippen LogP contribution in [-0.2, 0) is 13.0 Å². The summed E-state index contributed by atoms with van der Waals surface area (Å²) >= 11 is 0. The second-order valence-corrected chi connectivity index (χ2v) is 6.48. The van der Waals surface area contributed by atoms with Crippen LogP contribution in [0.2, 0.25) is 0 Å². The van der Waals surface area contributed by atoms with Gasteiger partial charge in [-0.3, -0.25) is 9.59 Å². The summed E-state index contributed by atoms with van der Waals surface area (Å²) in [5, 5.41) is 14.6. The molecule has 0 amide bonds. The van der Waals surface area contributed by atoms with E-state index >= 15 is 0 Å². The Morgan fingerprint density at radius 3 is 2.50 bits per heavy atom. The Hall–Kier alpha value is -3.74. The molecule has 0 unspecified atom stereocenters. The van der Waals surface area contributed by atoms with Crippen LogP contribution < -0.4 is 5.56 Å². The van der Waals surface area contributed by atoms with E-state index in [0.29, 0.717) is 5.56 Å². The zero-order chi connectivity index (χ0) is 19.8. The Labute approximate surface area is 159 Å². The standard InChI is InChI=1S/C21H17N3O4/c1-2-12-6-5-9-14-16(10-22-18(12)14)17(25)11-24-20(26)15-8-4-3-7-13(15)19(23-24)21(27)28/h3-10,22H,2,11H2,1H3,(H,27,28). The van der Waals surface area contributed by atoms with E-state index in [4.69, 9.17) is 0 Å². The fraction of sp³-hybridized carbons (Fsp3) is 0.143. The van der Waals surface area contributed by atoms with Crippen LogP contribution in [0.4, 0.5) is 0 Å². The molecule has 4 rings (SSSR count). The summed E-state index contributed by atoms with van der Waals surface area (Å²) < 4.78 is 0.927. The number of aromatic carboxylic acids is 1. The van der Waals surface area contributed by atoms with Gasteiger partial charge < -0.3 is 10.1 Å². The molecule has 0 bridgehead atoms. The van der Waals surface area contributed by atoms with Crippen molar-refractivity contribution in [2.75, 3.05) is 0 Å². The minimum absolute atomic E-state index is 0.217. The first kappa shape index (κ1) is 17.7. The topological polar surface area (TPSA) is 105 Å². The van der Waals surface area contributed by atoms with E-state index < -0.39 is 11.5 Å². The molecule has 2 heterocycles. The average molecular weight is 375 g/mol. The largest absolute Gasteiger partial charge is 0.476 e. The van der Waals surface area contributed by atoms with Gasteiger partial charge in [-0.05, 0) is 18.1 Å². The van der Waals surface area contributed by atoms with Crippen molar-refractivity contribution in [2.24, 2.45) is 0 Å². The zero-order valence-electron chi connectivity index (χ0n) is 15.1. The summed E-state index contributed by atoms with van der Waals surface area (Å²) in [5.41, 5.74) is 1.67. The van der Waals surface area contributed by atoms with E-state index in [0.717, 1.165) is 27.6 Å². The molecule has 0 aliphatic rings. The molecule has 0 spiro atoms. The summed E-state index contributed by atoms with van der Waals surface area (Å²) in [6.07, 6.45) is 2.44. The van der Waals surface area contributed by atoms with E-state index in [9.17, 15) is 19.5 Å². The molecule has 7 nitrogen and oxygen atoms in total. The SMILES string of the molecule is CCc1cccc2c(C(=O)Cn3nc(C(=O)O)c4ccccc4c3=O)c[nH]c12. The number of rotatable bonds is 5. The molecule has 2 N–H and O–H groups in total. The number of para-hydroxylation sites is 1. The first-order valence-electron chi connectivity index (χ1n) is 8.86. The molecule has 0 atom stereocenters. The summed E-state index contributed by atoms with van der Waals surface area (Å²) in [5.74, 6) is -1.57. The van der Waals surface area contributed by atoms with Gasteiger partial charge in [-0.1, -0.05) is 43.3 Å². The number of carbonyl (C=O) groups is 2. The zero-order valence-corrected chi connectivity index (χ0v) is 15.1. The number of aromatic amines is 1. The molecule has 140 valence electrons. The highest BCUT2D eigenvalue weighted by Crippen LogP contribution is 2.23. The highest BCUT2D eigenvalue weighted by Gasteiger charge is 2.19. The number of hydrogen-bond donors (Lipinski definition) is 2. The lowest BCUT2D eigenvalue weighted by Crippen LogP contribution is -2.29. The summed E-state index contributed by atoms with van der Waals surface area (Å²) in [4.78, 5) is 40.3. The third-order valence-electron chi connectivity index (χ3n) is 4.85. The van der Waals surface area contributed by atoms with E-state index in [-0.39, 0.29) is 28.8 Å². The molecular formula is C21H17N3O4. The smallest absolute Gasteiger partial charge is 0.357 e. The molecule has 0 saturated carbocycles. The average Bonchev–Trinajstić information content (AvgIpc) is 3.14. The van der Waals surface area contributed by atoms with E-state index in [1.807, 2.05) is 25.1 Å². The van der Waals surface area contributed by atoms with Crippen molar-refractivity contribution in [3.8, 4) is 0 Å². The van der Waals surface area contributed by atoms with Gasteiger partial charge in [-0.15, -0.1) is 0 Å². The number of carbonyl (C=O) groups excluding carboxylic acids is 1. The quantitative estimate of drug-likeness (QED) is 0.522.